The molecule has 2 aromatic carbocycles. The molecule has 0 fully saturated rings. The van der Waals surface area contributed by atoms with Crippen molar-refractivity contribution in [2.24, 2.45) is 0 Å². The maximum absolute atomic E-state index is 11.9. The Morgan fingerprint density at radius 3 is 2.64 bits per heavy atom. The number of ether oxygens (including phenoxy) is 2. The molecule has 1 amide bonds. The van der Waals surface area contributed by atoms with E-state index in [1.807, 2.05) is 36.4 Å². The number of amides is 1. The molecule has 0 saturated carbocycles. The average molecular weight is 363 g/mol. The molecule has 134 valence electrons. The molecule has 0 unspecified atom stereocenters. The van der Waals surface area contributed by atoms with E-state index in [1.54, 1.807) is 20.3 Å². The van der Waals surface area contributed by atoms with E-state index in [1.165, 1.54) is 0 Å². The highest BCUT2D eigenvalue weighted by Crippen LogP contribution is 2.28. The summed E-state index contributed by atoms with van der Waals surface area (Å²) in [5, 5.41) is 6.82. The molecule has 2 rings (SSSR count). The molecule has 0 aromatic heterocycles. The van der Waals surface area contributed by atoms with Crippen molar-refractivity contribution >= 4 is 23.2 Å². The SMILES string of the molecule is COc1ccc(NCCC(=O)NCCc2cccc(Cl)c2)c(OC)c1. The van der Waals surface area contributed by atoms with Crippen LogP contribution in [0.5, 0.6) is 11.5 Å². The highest BCUT2D eigenvalue weighted by atomic mass is 35.5. The molecule has 0 aliphatic heterocycles. The molecule has 0 heterocycles. The number of halogens is 1. The summed E-state index contributed by atoms with van der Waals surface area (Å²) < 4.78 is 10.5. The van der Waals surface area contributed by atoms with Gasteiger partial charge in [0.1, 0.15) is 11.5 Å². The van der Waals surface area contributed by atoms with Gasteiger partial charge in [-0.2, -0.15) is 0 Å². The van der Waals surface area contributed by atoms with E-state index in [2.05, 4.69) is 10.6 Å². The third-order valence-electron chi connectivity index (χ3n) is 3.70. The Morgan fingerprint density at radius 1 is 1.08 bits per heavy atom. The Kier molecular flexibility index (Phi) is 7.41. The van der Waals surface area contributed by atoms with Crippen LogP contribution in [-0.4, -0.2) is 33.2 Å². The zero-order valence-electron chi connectivity index (χ0n) is 14.5. The van der Waals surface area contributed by atoms with Crippen molar-refractivity contribution in [3.8, 4) is 11.5 Å². The lowest BCUT2D eigenvalue weighted by Crippen LogP contribution is -2.27. The van der Waals surface area contributed by atoms with Crippen molar-refractivity contribution in [1.82, 2.24) is 5.32 Å². The average Bonchev–Trinajstić information content (AvgIpc) is 2.62. The van der Waals surface area contributed by atoms with Gasteiger partial charge in [-0.3, -0.25) is 4.79 Å². The minimum Gasteiger partial charge on any atom is -0.497 e. The Morgan fingerprint density at radius 2 is 1.92 bits per heavy atom. The number of nitrogens with one attached hydrogen (secondary N) is 2. The van der Waals surface area contributed by atoms with Crippen molar-refractivity contribution in [2.75, 3.05) is 32.6 Å². The number of benzene rings is 2. The van der Waals surface area contributed by atoms with Gasteiger partial charge in [0, 0.05) is 30.6 Å². The molecule has 0 aliphatic rings. The molecule has 2 N–H and O–H groups in total. The first-order valence-electron chi connectivity index (χ1n) is 8.09. The predicted octanol–water partition coefficient (Wildman–Crippen LogP) is 3.52. The molecule has 2 aromatic rings. The van der Waals surface area contributed by atoms with Gasteiger partial charge < -0.3 is 20.1 Å². The summed E-state index contributed by atoms with van der Waals surface area (Å²) in [7, 11) is 3.21. The van der Waals surface area contributed by atoms with E-state index in [0.717, 1.165) is 23.4 Å². The van der Waals surface area contributed by atoms with Crippen molar-refractivity contribution in [2.45, 2.75) is 12.8 Å². The summed E-state index contributed by atoms with van der Waals surface area (Å²) >= 11 is 5.94. The summed E-state index contributed by atoms with van der Waals surface area (Å²) in [5.74, 6) is 1.41. The van der Waals surface area contributed by atoms with E-state index < -0.39 is 0 Å². The van der Waals surface area contributed by atoms with Crippen LogP contribution in [0.2, 0.25) is 5.02 Å². The lowest BCUT2D eigenvalue weighted by Gasteiger charge is -2.12. The van der Waals surface area contributed by atoms with Crippen LogP contribution in [0.3, 0.4) is 0 Å². The van der Waals surface area contributed by atoms with Gasteiger partial charge in [0.2, 0.25) is 5.91 Å². The second-order valence-corrected chi connectivity index (χ2v) is 5.91. The lowest BCUT2D eigenvalue weighted by molar-refractivity contribution is -0.120. The van der Waals surface area contributed by atoms with Gasteiger partial charge in [0.25, 0.3) is 0 Å². The molecule has 25 heavy (non-hydrogen) atoms. The maximum Gasteiger partial charge on any atom is 0.221 e. The molecule has 0 atom stereocenters. The van der Waals surface area contributed by atoms with Crippen molar-refractivity contribution in [3.05, 3.63) is 53.1 Å². The number of carbonyl (C=O) groups excluding carboxylic acids is 1. The molecule has 5 nitrogen and oxygen atoms in total. The first kappa shape index (κ1) is 18.9. The largest absolute Gasteiger partial charge is 0.497 e. The molecular formula is C19H23ClN2O3. The van der Waals surface area contributed by atoms with Gasteiger partial charge in [-0.1, -0.05) is 23.7 Å². The molecule has 0 aliphatic carbocycles. The van der Waals surface area contributed by atoms with E-state index >= 15 is 0 Å². The number of hydrogen-bond donors (Lipinski definition) is 2. The molecule has 0 spiro atoms. The van der Waals surface area contributed by atoms with Gasteiger partial charge in [-0.05, 0) is 36.2 Å². The fourth-order valence-electron chi connectivity index (χ4n) is 2.38. The number of rotatable bonds is 9. The van der Waals surface area contributed by atoms with E-state index in [0.29, 0.717) is 30.3 Å². The van der Waals surface area contributed by atoms with Crippen molar-refractivity contribution in [1.29, 1.82) is 0 Å². The highest BCUT2D eigenvalue weighted by molar-refractivity contribution is 6.30. The second kappa shape index (κ2) is 9.79. The molecule has 0 bridgehead atoms. The fourth-order valence-corrected chi connectivity index (χ4v) is 2.60. The van der Waals surface area contributed by atoms with Crippen LogP contribution in [0.1, 0.15) is 12.0 Å². The zero-order chi connectivity index (χ0) is 18.1. The topological polar surface area (TPSA) is 59.6 Å². The minimum atomic E-state index is 0.00186. The maximum atomic E-state index is 11.9. The molecule has 6 heteroatoms. The van der Waals surface area contributed by atoms with Gasteiger partial charge in [-0.25, -0.2) is 0 Å². The third-order valence-corrected chi connectivity index (χ3v) is 3.94. The Hall–Kier alpha value is -2.40. The Balaban J connectivity index is 1.71. The normalized spacial score (nSPS) is 10.2. The van der Waals surface area contributed by atoms with Crippen LogP contribution in [-0.2, 0) is 11.2 Å². The number of carbonyl (C=O) groups is 1. The summed E-state index contributed by atoms with van der Waals surface area (Å²) in [6.07, 6.45) is 1.14. The lowest BCUT2D eigenvalue weighted by atomic mass is 10.1. The van der Waals surface area contributed by atoms with E-state index in [9.17, 15) is 4.79 Å². The fraction of sp³-hybridized carbons (Fsp3) is 0.316. The molecule has 0 saturated heterocycles. The molecular weight excluding hydrogens is 340 g/mol. The summed E-state index contributed by atoms with van der Waals surface area (Å²) in [6.45, 7) is 1.11. The van der Waals surface area contributed by atoms with Crippen molar-refractivity contribution in [3.63, 3.8) is 0 Å². The van der Waals surface area contributed by atoms with Gasteiger partial charge in [-0.15, -0.1) is 0 Å². The van der Waals surface area contributed by atoms with Crippen LogP contribution in [0.4, 0.5) is 5.69 Å². The van der Waals surface area contributed by atoms with Crippen LogP contribution < -0.4 is 20.1 Å². The summed E-state index contributed by atoms with van der Waals surface area (Å²) in [4.78, 5) is 11.9. The minimum absolute atomic E-state index is 0.00186. The van der Waals surface area contributed by atoms with Crippen LogP contribution in [0, 0.1) is 0 Å². The highest BCUT2D eigenvalue weighted by Gasteiger charge is 2.06. The first-order chi connectivity index (χ1) is 12.1. The van der Waals surface area contributed by atoms with Gasteiger partial charge >= 0.3 is 0 Å². The van der Waals surface area contributed by atoms with Gasteiger partial charge in [0.15, 0.2) is 0 Å². The standard InChI is InChI=1S/C19H23ClN2O3/c1-24-16-6-7-17(18(13-16)25-2)21-11-9-19(23)22-10-8-14-4-3-5-15(20)12-14/h3-7,12-13,21H,8-11H2,1-2H3,(H,22,23). The number of anilines is 1. The number of methoxy groups -OCH3 is 2. The van der Waals surface area contributed by atoms with Crippen LogP contribution >= 0.6 is 11.6 Å². The predicted molar refractivity (Wildman–Crippen MR) is 101 cm³/mol. The monoisotopic (exact) mass is 362 g/mol. The summed E-state index contributed by atoms with van der Waals surface area (Å²) in [6, 6.07) is 13.2. The summed E-state index contributed by atoms with van der Waals surface area (Å²) in [5.41, 5.74) is 1.93. The van der Waals surface area contributed by atoms with E-state index in [4.69, 9.17) is 21.1 Å². The van der Waals surface area contributed by atoms with Crippen molar-refractivity contribution < 1.29 is 14.3 Å². The van der Waals surface area contributed by atoms with Gasteiger partial charge in [0.05, 0.1) is 19.9 Å². The first-order valence-corrected chi connectivity index (χ1v) is 8.47. The zero-order valence-corrected chi connectivity index (χ0v) is 15.2. The smallest absolute Gasteiger partial charge is 0.221 e. The Labute approximate surface area is 153 Å². The molecule has 0 radical (unpaired) electrons. The number of hydrogen-bond acceptors (Lipinski definition) is 4. The van der Waals surface area contributed by atoms with Crippen LogP contribution in [0.25, 0.3) is 0 Å². The second-order valence-electron chi connectivity index (χ2n) is 5.47. The quantitative estimate of drug-likeness (QED) is 0.716. The Bertz CT molecular complexity index is 707. The third kappa shape index (κ3) is 6.19. The van der Waals surface area contributed by atoms with Crippen LogP contribution in [0.15, 0.2) is 42.5 Å². The van der Waals surface area contributed by atoms with E-state index in [-0.39, 0.29) is 5.91 Å².